The van der Waals surface area contributed by atoms with E-state index >= 15 is 0 Å². The number of aliphatic hydroxyl groups excluding tert-OH is 2. The molecule has 0 aliphatic heterocycles. The molecule has 2 rings (SSSR count). The zero-order valence-corrected chi connectivity index (χ0v) is 26.1. The van der Waals surface area contributed by atoms with Crippen molar-refractivity contribution < 1.29 is 30.0 Å². The number of carboxylic acid groups (broad SMARTS) is 2. The second-order valence-electron chi connectivity index (χ2n) is 10.6. The van der Waals surface area contributed by atoms with Crippen LogP contribution < -0.4 is 0 Å². The van der Waals surface area contributed by atoms with Crippen molar-refractivity contribution in [1.29, 1.82) is 0 Å². The van der Waals surface area contributed by atoms with Crippen LogP contribution in [-0.4, -0.2) is 44.6 Å². The van der Waals surface area contributed by atoms with Crippen molar-refractivity contribution in [2.75, 3.05) is 0 Å². The third-order valence-corrected chi connectivity index (χ3v) is 7.34. The van der Waals surface area contributed by atoms with Crippen LogP contribution in [0.4, 0.5) is 0 Å². The van der Waals surface area contributed by atoms with Gasteiger partial charge in [-0.15, -0.1) is 0 Å². The molecule has 0 aromatic heterocycles. The van der Waals surface area contributed by atoms with Gasteiger partial charge in [0.15, 0.2) is 0 Å². The van der Waals surface area contributed by atoms with Crippen LogP contribution in [0.2, 0.25) is 0 Å². The van der Waals surface area contributed by atoms with Gasteiger partial charge in [-0.05, 0) is 80.3 Å². The maximum Gasteiger partial charge on any atom is 0.335 e. The zero-order valence-electron chi connectivity index (χ0n) is 26.1. The number of rotatable bonds is 17. The first kappa shape index (κ1) is 38.3. The Morgan fingerprint density at radius 1 is 0.537 bits per heavy atom. The van der Waals surface area contributed by atoms with E-state index in [1.165, 1.54) is 62.5 Å². The summed E-state index contributed by atoms with van der Waals surface area (Å²) in [7, 11) is 0. The smallest absolute Gasteiger partial charge is 0.335 e. The average molecular weight is 573 g/mol. The maximum atomic E-state index is 10.6. The molecule has 4 N–H and O–H groups in total. The fourth-order valence-electron chi connectivity index (χ4n) is 4.55. The Balaban J connectivity index is 0.000000595. The Bertz CT molecular complexity index is 847. The highest BCUT2D eigenvalue weighted by atomic mass is 16.4. The molecule has 0 spiro atoms. The molecule has 2 unspecified atom stereocenters. The van der Waals surface area contributed by atoms with Gasteiger partial charge in [0.2, 0.25) is 0 Å². The lowest BCUT2D eigenvalue weighted by Gasteiger charge is -2.24. The lowest BCUT2D eigenvalue weighted by molar-refractivity contribution is 0.00713. The van der Waals surface area contributed by atoms with Crippen LogP contribution >= 0.6 is 0 Å². The second-order valence-corrected chi connectivity index (χ2v) is 10.6. The number of aryl methyl sites for hydroxylation is 2. The monoisotopic (exact) mass is 572 g/mol. The molecule has 232 valence electrons. The van der Waals surface area contributed by atoms with Crippen molar-refractivity contribution in [2.45, 2.75) is 130 Å². The fraction of sp³-hybridized carbons (Fsp3) is 0.600. The molecule has 41 heavy (non-hydrogen) atoms. The number of carbonyl (C=O) groups is 2. The van der Waals surface area contributed by atoms with E-state index in [4.69, 9.17) is 10.2 Å². The van der Waals surface area contributed by atoms with Crippen LogP contribution in [0.25, 0.3) is 0 Å². The van der Waals surface area contributed by atoms with Crippen LogP contribution in [0.15, 0.2) is 48.5 Å². The Labute approximate surface area is 248 Å². The molecule has 2 aromatic carbocycles. The summed E-state index contributed by atoms with van der Waals surface area (Å²) in [5.41, 5.74) is 3.20. The highest BCUT2D eigenvalue weighted by Gasteiger charge is 2.22. The predicted molar refractivity (Wildman–Crippen MR) is 169 cm³/mol. The van der Waals surface area contributed by atoms with Gasteiger partial charge >= 0.3 is 11.9 Å². The van der Waals surface area contributed by atoms with Gasteiger partial charge in [-0.25, -0.2) is 9.59 Å². The molecule has 0 bridgehead atoms. The molecule has 0 saturated carbocycles. The summed E-state index contributed by atoms with van der Waals surface area (Å²) in [6.45, 7) is 10.3. The van der Waals surface area contributed by atoms with E-state index in [2.05, 4.69) is 13.8 Å². The molecule has 0 aliphatic rings. The third-order valence-electron chi connectivity index (χ3n) is 7.34. The molecule has 0 radical (unpaired) electrons. The van der Waals surface area contributed by atoms with Gasteiger partial charge in [-0.1, -0.05) is 97.4 Å². The first-order valence-corrected chi connectivity index (χ1v) is 15.6. The Morgan fingerprint density at radius 3 is 1.12 bits per heavy atom. The first-order chi connectivity index (χ1) is 19.6. The number of aliphatic hydroxyl groups is 2. The zero-order chi connectivity index (χ0) is 31.0. The van der Waals surface area contributed by atoms with E-state index in [-0.39, 0.29) is 18.1 Å². The Kier molecular flexibility index (Phi) is 22.4. The van der Waals surface area contributed by atoms with Gasteiger partial charge in [-0.3, -0.25) is 0 Å². The summed E-state index contributed by atoms with van der Waals surface area (Å²) in [6, 6.07) is 14.4. The first-order valence-electron chi connectivity index (χ1n) is 15.6. The molecule has 0 saturated heterocycles. The number of hydrogen-bond donors (Lipinski definition) is 4. The summed E-state index contributed by atoms with van der Waals surface area (Å²) in [5, 5.41) is 36.4. The van der Waals surface area contributed by atoms with Gasteiger partial charge < -0.3 is 20.4 Å². The van der Waals surface area contributed by atoms with Gasteiger partial charge in [0.05, 0.1) is 23.3 Å². The molecular weight excluding hydrogens is 516 g/mol. The molecule has 6 nitrogen and oxygen atoms in total. The summed E-state index contributed by atoms with van der Waals surface area (Å²) < 4.78 is 0. The van der Waals surface area contributed by atoms with Gasteiger partial charge in [0, 0.05) is 5.92 Å². The van der Waals surface area contributed by atoms with Crippen LogP contribution in [0.1, 0.15) is 137 Å². The lowest BCUT2D eigenvalue weighted by Crippen LogP contribution is -2.30. The van der Waals surface area contributed by atoms with Crippen LogP contribution in [0.3, 0.4) is 0 Å². The van der Waals surface area contributed by atoms with E-state index in [1.54, 1.807) is 24.3 Å². The van der Waals surface area contributed by atoms with Crippen LogP contribution in [0, 0.1) is 5.92 Å². The average Bonchev–Trinajstić information content (AvgIpc) is 2.98. The molecule has 0 fully saturated rings. The van der Waals surface area contributed by atoms with E-state index < -0.39 is 11.9 Å². The second kappa shape index (κ2) is 24.0. The predicted octanol–water partition coefficient (Wildman–Crippen LogP) is 8.57. The van der Waals surface area contributed by atoms with E-state index in [0.717, 1.165) is 32.1 Å². The summed E-state index contributed by atoms with van der Waals surface area (Å²) in [5.74, 6) is -1.65. The van der Waals surface area contributed by atoms with E-state index in [9.17, 15) is 19.8 Å². The number of hydrogen-bond acceptors (Lipinski definition) is 4. The third kappa shape index (κ3) is 17.7. The summed E-state index contributed by atoms with van der Waals surface area (Å²) in [4.78, 5) is 21.2. The van der Waals surface area contributed by atoms with Gasteiger partial charge in [-0.2, -0.15) is 0 Å². The minimum absolute atomic E-state index is 0.0602. The van der Waals surface area contributed by atoms with Crippen molar-refractivity contribution in [2.24, 2.45) is 5.92 Å². The molecule has 0 heterocycles. The largest absolute Gasteiger partial charge is 0.478 e. The topological polar surface area (TPSA) is 115 Å². The molecule has 6 heteroatoms. The normalized spacial score (nSPS) is 12.7. The molecule has 0 aliphatic carbocycles. The number of carboxylic acids is 2. The van der Waals surface area contributed by atoms with E-state index in [1.807, 2.05) is 45.0 Å². The SMILES string of the molecule is CCC(O)C(CC)C(O)CC.CCCCCCc1ccc(C(=O)O)cc1.CCCCCCc1ccc(C(=O)O)cc1. The number of benzene rings is 2. The van der Waals surface area contributed by atoms with Crippen LogP contribution in [0.5, 0.6) is 0 Å². The fourth-order valence-corrected chi connectivity index (χ4v) is 4.55. The van der Waals surface area contributed by atoms with Crippen molar-refractivity contribution >= 4 is 11.9 Å². The Morgan fingerprint density at radius 2 is 0.878 bits per heavy atom. The highest BCUT2D eigenvalue weighted by molar-refractivity contribution is 5.87. The summed E-state index contributed by atoms with van der Waals surface area (Å²) in [6.07, 6.45) is 13.7. The van der Waals surface area contributed by atoms with Crippen molar-refractivity contribution in [3.05, 3.63) is 70.8 Å². The van der Waals surface area contributed by atoms with Gasteiger partial charge in [0.1, 0.15) is 0 Å². The number of unbranched alkanes of at least 4 members (excludes halogenated alkanes) is 6. The van der Waals surface area contributed by atoms with Crippen molar-refractivity contribution in [1.82, 2.24) is 0 Å². The minimum Gasteiger partial charge on any atom is -0.478 e. The minimum atomic E-state index is -0.854. The quantitative estimate of drug-likeness (QED) is 0.141. The maximum absolute atomic E-state index is 10.6. The Hall–Kier alpha value is -2.70. The van der Waals surface area contributed by atoms with Crippen LogP contribution in [-0.2, 0) is 12.8 Å². The van der Waals surface area contributed by atoms with Crippen molar-refractivity contribution in [3.8, 4) is 0 Å². The van der Waals surface area contributed by atoms with E-state index in [0.29, 0.717) is 11.1 Å². The molecule has 2 aromatic rings. The standard InChI is InChI=1S/2C13H18O2.C9H20O2/c2*1-2-3-4-5-6-11-7-9-12(10-8-11)13(14)15;1-4-7(8(10)5-2)9(11)6-3/h2*7-10H,2-6H2,1H3,(H,14,15);7-11H,4-6H2,1-3H3. The molecule has 2 atom stereocenters. The molecule has 0 amide bonds. The lowest BCUT2D eigenvalue weighted by atomic mass is 9.90. The van der Waals surface area contributed by atoms with Crippen molar-refractivity contribution in [3.63, 3.8) is 0 Å². The number of aromatic carboxylic acids is 2. The van der Waals surface area contributed by atoms with Gasteiger partial charge in [0.25, 0.3) is 0 Å². The summed E-state index contributed by atoms with van der Waals surface area (Å²) >= 11 is 0. The highest BCUT2D eigenvalue weighted by Crippen LogP contribution is 2.18. The molecular formula is C35H56O6.